The number of nitrogen functional groups attached to an aromatic ring is 1. The molecule has 0 radical (unpaired) electrons. The largest absolute Gasteiger partial charge is 0.383 e. The highest BCUT2D eigenvalue weighted by molar-refractivity contribution is 7.92. The van der Waals surface area contributed by atoms with Crippen molar-refractivity contribution in [1.82, 2.24) is 9.88 Å². The van der Waals surface area contributed by atoms with Gasteiger partial charge in [-0.25, -0.2) is 13.4 Å². The van der Waals surface area contributed by atoms with Crippen LogP contribution in [0.1, 0.15) is 5.56 Å². The number of para-hydroxylation sites is 1. The van der Waals surface area contributed by atoms with Crippen molar-refractivity contribution in [3.63, 3.8) is 0 Å². The zero-order valence-electron chi connectivity index (χ0n) is 13.6. The Morgan fingerprint density at radius 1 is 1.13 bits per heavy atom. The number of aryl methyl sites for hydroxylation is 1. The van der Waals surface area contributed by atoms with E-state index in [1.165, 1.54) is 10.5 Å². The summed E-state index contributed by atoms with van der Waals surface area (Å²) in [6.07, 6.45) is 1.31. The smallest absolute Gasteiger partial charge is 0.265 e. The van der Waals surface area contributed by atoms with E-state index in [9.17, 15) is 8.42 Å². The van der Waals surface area contributed by atoms with Crippen LogP contribution in [0.25, 0.3) is 0 Å². The van der Waals surface area contributed by atoms with Crippen LogP contribution in [0.4, 0.5) is 11.5 Å². The average Bonchev–Trinajstić information content (AvgIpc) is 2.50. The van der Waals surface area contributed by atoms with Crippen LogP contribution in [0.5, 0.6) is 0 Å². The molecule has 23 heavy (non-hydrogen) atoms. The summed E-state index contributed by atoms with van der Waals surface area (Å²) in [5.74, 6) is 0.337. The molecule has 0 aliphatic heterocycles. The van der Waals surface area contributed by atoms with Gasteiger partial charge >= 0.3 is 0 Å². The lowest BCUT2D eigenvalue weighted by molar-refractivity contribution is 0.419. The van der Waals surface area contributed by atoms with Crippen LogP contribution >= 0.6 is 0 Å². The summed E-state index contributed by atoms with van der Waals surface area (Å²) in [4.78, 5) is 6.07. The minimum Gasteiger partial charge on any atom is -0.383 e. The fourth-order valence-corrected chi connectivity index (χ4v) is 3.59. The molecule has 0 amide bonds. The summed E-state index contributed by atoms with van der Waals surface area (Å²) < 4.78 is 27.5. The van der Waals surface area contributed by atoms with Gasteiger partial charge in [-0.15, -0.1) is 0 Å². The van der Waals surface area contributed by atoms with Gasteiger partial charge < -0.3 is 10.6 Å². The van der Waals surface area contributed by atoms with Crippen LogP contribution in [0, 0.1) is 6.92 Å². The summed E-state index contributed by atoms with van der Waals surface area (Å²) in [7, 11) is 0.114. The zero-order valence-corrected chi connectivity index (χ0v) is 14.4. The topological polar surface area (TPSA) is 79.5 Å². The third kappa shape index (κ3) is 4.00. The third-order valence-corrected chi connectivity index (χ3v) is 5.27. The molecule has 2 aromatic rings. The number of rotatable bonds is 6. The van der Waals surface area contributed by atoms with Gasteiger partial charge in [0.25, 0.3) is 10.0 Å². The Bertz CT molecular complexity index is 761. The molecule has 0 bridgehead atoms. The highest BCUT2D eigenvalue weighted by Crippen LogP contribution is 2.24. The second-order valence-electron chi connectivity index (χ2n) is 5.59. The molecule has 0 aliphatic rings. The van der Waals surface area contributed by atoms with Gasteiger partial charge in [-0.3, -0.25) is 4.31 Å². The maximum Gasteiger partial charge on any atom is 0.265 e. The monoisotopic (exact) mass is 334 g/mol. The Morgan fingerprint density at radius 3 is 2.35 bits per heavy atom. The van der Waals surface area contributed by atoms with E-state index in [2.05, 4.69) is 4.98 Å². The van der Waals surface area contributed by atoms with Crippen molar-refractivity contribution in [3.8, 4) is 0 Å². The molecule has 1 aromatic carbocycles. The number of pyridine rings is 1. The van der Waals surface area contributed by atoms with E-state index in [-0.39, 0.29) is 4.90 Å². The standard InChI is InChI=1S/C16H22N4O2S/c1-13-11-15(12-18-16(13)17)23(21,22)20(10-9-19(2)3)14-7-5-4-6-8-14/h4-8,11-12H,9-10H2,1-3H3,(H2,17,18). The number of anilines is 2. The first-order valence-corrected chi connectivity index (χ1v) is 8.71. The first-order valence-electron chi connectivity index (χ1n) is 7.27. The lowest BCUT2D eigenvalue weighted by atomic mass is 10.3. The highest BCUT2D eigenvalue weighted by Gasteiger charge is 2.25. The molecule has 1 aromatic heterocycles. The SMILES string of the molecule is Cc1cc(S(=O)(=O)N(CCN(C)C)c2ccccc2)cnc1N. The first kappa shape index (κ1) is 17.2. The molecule has 1 heterocycles. The molecule has 0 aliphatic carbocycles. The molecule has 6 nitrogen and oxygen atoms in total. The number of likely N-dealkylation sites (N-methyl/N-ethyl adjacent to an activating group) is 1. The van der Waals surface area contributed by atoms with Crippen molar-refractivity contribution in [2.45, 2.75) is 11.8 Å². The number of sulfonamides is 1. The minimum atomic E-state index is -3.70. The zero-order chi connectivity index (χ0) is 17.0. The van der Waals surface area contributed by atoms with Crippen LogP contribution in [0.2, 0.25) is 0 Å². The quantitative estimate of drug-likeness (QED) is 0.870. The molecule has 0 atom stereocenters. The van der Waals surface area contributed by atoms with Gasteiger partial charge in [0.05, 0.1) is 5.69 Å². The maximum atomic E-state index is 13.0. The fraction of sp³-hybridized carbons (Fsp3) is 0.312. The summed E-state index contributed by atoms with van der Waals surface area (Å²) >= 11 is 0. The molecular formula is C16H22N4O2S. The Hall–Kier alpha value is -2.12. The second kappa shape index (κ2) is 6.97. The van der Waals surface area contributed by atoms with Crippen LogP contribution in [0.3, 0.4) is 0 Å². The molecule has 2 rings (SSSR count). The third-order valence-electron chi connectivity index (χ3n) is 3.48. The number of hydrogen-bond acceptors (Lipinski definition) is 5. The average molecular weight is 334 g/mol. The van der Waals surface area contributed by atoms with Crippen molar-refractivity contribution in [3.05, 3.63) is 48.2 Å². The summed E-state index contributed by atoms with van der Waals surface area (Å²) in [5, 5.41) is 0. The molecule has 0 saturated heterocycles. The van der Waals surface area contributed by atoms with Gasteiger partial charge in [-0.1, -0.05) is 18.2 Å². The van der Waals surface area contributed by atoms with Crippen LogP contribution in [-0.4, -0.2) is 45.5 Å². The maximum absolute atomic E-state index is 13.0. The van der Waals surface area contributed by atoms with Gasteiger partial charge in [-0.2, -0.15) is 0 Å². The fourth-order valence-electron chi connectivity index (χ4n) is 2.10. The van der Waals surface area contributed by atoms with Crippen molar-refractivity contribution in [2.75, 3.05) is 37.2 Å². The highest BCUT2D eigenvalue weighted by atomic mass is 32.2. The van der Waals surface area contributed by atoms with Crippen LogP contribution in [0.15, 0.2) is 47.5 Å². The molecule has 2 N–H and O–H groups in total. The molecule has 0 unspecified atom stereocenters. The Kier molecular flexibility index (Phi) is 5.23. The molecule has 0 saturated carbocycles. The minimum absolute atomic E-state index is 0.145. The van der Waals surface area contributed by atoms with E-state index in [1.807, 2.05) is 37.2 Å². The molecule has 124 valence electrons. The summed E-state index contributed by atoms with van der Waals surface area (Å²) in [6, 6.07) is 10.6. The van der Waals surface area contributed by atoms with E-state index in [0.29, 0.717) is 30.2 Å². The van der Waals surface area contributed by atoms with Crippen molar-refractivity contribution in [2.24, 2.45) is 0 Å². The Balaban J connectivity index is 2.45. The van der Waals surface area contributed by atoms with Gasteiger partial charge in [-0.05, 0) is 44.8 Å². The first-order chi connectivity index (χ1) is 10.8. The van der Waals surface area contributed by atoms with Crippen molar-refractivity contribution in [1.29, 1.82) is 0 Å². The predicted molar refractivity (Wildman–Crippen MR) is 92.9 cm³/mol. The van der Waals surface area contributed by atoms with Gasteiger partial charge in [0.15, 0.2) is 0 Å². The number of hydrogen-bond donors (Lipinski definition) is 1. The summed E-state index contributed by atoms with van der Waals surface area (Å²) in [5.41, 5.74) is 6.97. The predicted octanol–water partition coefficient (Wildman–Crippen LogP) is 1.73. The van der Waals surface area contributed by atoms with E-state index in [1.54, 1.807) is 25.1 Å². The molecule has 0 fully saturated rings. The van der Waals surface area contributed by atoms with Crippen LogP contribution < -0.4 is 10.0 Å². The van der Waals surface area contributed by atoms with Gasteiger partial charge in [0, 0.05) is 19.3 Å². The molecule has 0 spiro atoms. The van der Waals surface area contributed by atoms with E-state index < -0.39 is 10.0 Å². The normalized spacial score (nSPS) is 11.7. The van der Waals surface area contributed by atoms with Gasteiger partial charge in [0.1, 0.15) is 10.7 Å². The van der Waals surface area contributed by atoms with Crippen LogP contribution in [-0.2, 0) is 10.0 Å². The number of aromatic nitrogens is 1. The lowest BCUT2D eigenvalue weighted by Gasteiger charge is -2.26. The number of nitrogens with zero attached hydrogens (tertiary/aromatic N) is 3. The Morgan fingerprint density at radius 2 is 1.78 bits per heavy atom. The van der Waals surface area contributed by atoms with Gasteiger partial charge in [0.2, 0.25) is 0 Å². The van der Waals surface area contributed by atoms with E-state index >= 15 is 0 Å². The second-order valence-corrected chi connectivity index (χ2v) is 7.45. The number of nitrogens with two attached hydrogens (primary N) is 1. The van der Waals surface area contributed by atoms with E-state index in [4.69, 9.17) is 5.73 Å². The molecule has 7 heteroatoms. The van der Waals surface area contributed by atoms with Crippen molar-refractivity contribution < 1.29 is 8.42 Å². The number of benzene rings is 1. The molecular weight excluding hydrogens is 312 g/mol. The summed E-state index contributed by atoms with van der Waals surface area (Å²) in [6.45, 7) is 2.70. The Labute approximate surface area is 137 Å². The van der Waals surface area contributed by atoms with Crippen molar-refractivity contribution >= 4 is 21.5 Å². The lowest BCUT2D eigenvalue weighted by Crippen LogP contribution is -2.36. The van der Waals surface area contributed by atoms with E-state index in [0.717, 1.165) is 0 Å².